The third kappa shape index (κ3) is 3.16. The molecule has 2 amide bonds. The molecule has 5 unspecified atom stereocenters. The van der Waals surface area contributed by atoms with Crippen LogP contribution in [-0.2, 0) is 20.9 Å². The van der Waals surface area contributed by atoms with Gasteiger partial charge in [-0.05, 0) is 37.5 Å². The van der Waals surface area contributed by atoms with Crippen LogP contribution in [0.3, 0.4) is 0 Å². The minimum absolute atomic E-state index is 0.0700. The second-order valence-electron chi connectivity index (χ2n) is 8.58. The lowest BCUT2D eigenvalue weighted by Gasteiger charge is -2.33. The number of fused-ring (bicyclic) bond motifs is 1. The Morgan fingerprint density at radius 3 is 2.42 bits per heavy atom. The van der Waals surface area contributed by atoms with Gasteiger partial charge in [-0.1, -0.05) is 54.1 Å². The SMILES string of the molecule is Cc1ccc(C)c(C2NC(C(=O)O)(C(C)O)C3C(=O)N(Cc4ccccc4)C(=O)C23)c1. The number of carboxylic acids is 1. The van der Waals surface area contributed by atoms with Gasteiger partial charge in [-0.3, -0.25) is 24.6 Å². The van der Waals surface area contributed by atoms with E-state index in [0.717, 1.165) is 27.2 Å². The Morgan fingerprint density at radius 1 is 1.13 bits per heavy atom. The molecule has 0 aliphatic carbocycles. The average Bonchev–Trinajstić information content (AvgIpc) is 3.21. The number of aliphatic carboxylic acids is 1. The molecule has 4 rings (SSSR count). The number of nitrogens with one attached hydrogen (secondary N) is 1. The van der Waals surface area contributed by atoms with Crippen molar-refractivity contribution in [2.75, 3.05) is 0 Å². The second kappa shape index (κ2) is 7.59. The molecule has 2 aliphatic heterocycles. The largest absolute Gasteiger partial charge is 0.480 e. The Hall–Kier alpha value is -3.03. The van der Waals surface area contributed by atoms with E-state index in [0.29, 0.717) is 0 Å². The van der Waals surface area contributed by atoms with Gasteiger partial charge in [0.1, 0.15) is 0 Å². The number of hydrogen-bond acceptors (Lipinski definition) is 5. The Bertz CT molecular complexity index is 1050. The molecule has 0 radical (unpaired) electrons. The van der Waals surface area contributed by atoms with Crippen LogP contribution in [0, 0.1) is 25.7 Å². The molecule has 5 atom stereocenters. The van der Waals surface area contributed by atoms with Crippen molar-refractivity contribution in [1.82, 2.24) is 10.2 Å². The third-order valence-electron chi connectivity index (χ3n) is 6.65. The van der Waals surface area contributed by atoms with Crippen LogP contribution in [0.1, 0.15) is 35.2 Å². The first-order valence-electron chi connectivity index (χ1n) is 10.3. The number of carboxylic acid groups (broad SMARTS) is 1. The predicted octanol–water partition coefficient (Wildman–Crippen LogP) is 1.95. The maximum atomic E-state index is 13.5. The predicted molar refractivity (Wildman–Crippen MR) is 113 cm³/mol. The van der Waals surface area contributed by atoms with Crippen LogP contribution in [0.15, 0.2) is 48.5 Å². The highest BCUT2D eigenvalue weighted by atomic mass is 16.4. The molecular weight excluding hydrogens is 396 g/mol. The van der Waals surface area contributed by atoms with E-state index in [2.05, 4.69) is 5.32 Å². The molecule has 2 saturated heterocycles. The molecule has 2 aliphatic rings. The summed E-state index contributed by atoms with van der Waals surface area (Å²) in [5.41, 5.74) is 1.43. The number of carbonyl (C=O) groups is 3. The fraction of sp³-hybridized carbons (Fsp3) is 0.375. The van der Waals surface area contributed by atoms with E-state index in [4.69, 9.17) is 0 Å². The van der Waals surface area contributed by atoms with Gasteiger partial charge in [-0.2, -0.15) is 0 Å². The summed E-state index contributed by atoms with van der Waals surface area (Å²) in [5.74, 6) is -4.44. The van der Waals surface area contributed by atoms with Crippen LogP contribution in [0.2, 0.25) is 0 Å². The van der Waals surface area contributed by atoms with E-state index in [1.165, 1.54) is 6.92 Å². The van der Waals surface area contributed by atoms with Crippen molar-refractivity contribution in [3.8, 4) is 0 Å². The smallest absolute Gasteiger partial charge is 0.327 e. The molecule has 2 aromatic rings. The van der Waals surface area contributed by atoms with Gasteiger partial charge in [-0.25, -0.2) is 0 Å². The fourth-order valence-electron chi connectivity index (χ4n) is 5.04. The lowest BCUT2D eigenvalue weighted by Crippen LogP contribution is -2.62. The van der Waals surface area contributed by atoms with Crippen molar-refractivity contribution >= 4 is 17.8 Å². The molecule has 0 spiro atoms. The number of amides is 2. The normalized spacial score (nSPS) is 28.6. The average molecular weight is 422 g/mol. The molecule has 0 bridgehead atoms. The monoisotopic (exact) mass is 422 g/mol. The molecular formula is C24H26N2O5. The summed E-state index contributed by atoms with van der Waals surface area (Å²) in [6, 6.07) is 14.2. The maximum absolute atomic E-state index is 13.5. The number of rotatable bonds is 5. The van der Waals surface area contributed by atoms with Gasteiger partial charge in [0.2, 0.25) is 11.8 Å². The number of hydrogen-bond donors (Lipinski definition) is 3. The maximum Gasteiger partial charge on any atom is 0.327 e. The van der Waals surface area contributed by atoms with Crippen molar-refractivity contribution in [1.29, 1.82) is 0 Å². The Kier molecular flexibility index (Phi) is 5.19. The third-order valence-corrected chi connectivity index (χ3v) is 6.65. The van der Waals surface area contributed by atoms with Crippen molar-refractivity contribution in [2.45, 2.75) is 45.0 Å². The van der Waals surface area contributed by atoms with Crippen molar-refractivity contribution in [2.24, 2.45) is 11.8 Å². The molecule has 0 aromatic heterocycles. The summed E-state index contributed by atoms with van der Waals surface area (Å²) in [4.78, 5) is 40.5. The standard InChI is InChI=1S/C24H26N2O5/c1-13-9-10-14(2)17(11-13)20-18-19(24(25-20,15(3)27)23(30)31)22(29)26(21(18)28)12-16-7-5-4-6-8-16/h4-11,15,18-20,25,27H,12H2,1-3H3,(H,30,31). The molecule has 2 heterocycles. The molecule has 7 nitrogen and oxygen atoms in total. The Morgan fingerprint density at radius 2 is 1.81 bits per heavy atom. The van der Waals surface area contributed by atoms with Gasteiger partial charge in [0.05, 0.1) is 24.5 Å². The van der Waals surface area contributed by atoms with Crippen LogP contribution in [-0.4, -0.2) is 44.5 Å². The summed E-state index contributed by atoms with van der Waals surface area (Å²) in [6.07, 6.45) is -1.39. The van der Waals surface area contributed by atoms with E-state index in [1.54, 1.807) is 0 Å². The molecule has 2 aromatic carbocycles. The van der Waals surface area contributed by atoms with E-state index in [-0.39, 0.29) is 6.54 Å². The lowest BCUT2D eigenvalue weighted by atomic mass is 9.76. The minimum Gasteiger partial charge on any atom is -0.480 e. The van der Waals surface area contributed by atoms with Gasteiger partial charge >= 0.3 is 5.97 Å². The first kappa shape index (κ1) is 21.2. The highest BCUT2D eigenvalue weighted by Crippen LogP contribution is 2.51. The Labute approximate surface area is 180 Å². The lowest BCUT2D eigenvalue weighted by molar-refractivity contribution is -0.157. The number of imide groups is 1. The minimum atomic E-state index is -1.95. The number of aryl methyl sites for hydroxylation is 2. The number of likely N-dealkylation sites (tertiary alicyclic amines) is 1. The van der Waals surface area contributed by atoms with Gasteiger partial charge in [0.25, 0.3) is 0 Å². The second-order valence-corrected chi connectivity index (χ2v) is 8.58. The van der Waals surface area contributed by atoms with Crippen LogP contribution in [0.4, 0.5) is 0 Å². The summed E-state index contributed by atoms with van der Waals surface area (Å²) in [6.45, 7) is 5.22. The van der Waals surface area contributed by atoms with Gasteiger partial charge in [0, 0.05) is 6.04 Å². The quantitative estimate of drug-likeness (QED) is 0.636. The topological polar surface area (TPSA) is 107 Å². The number of nitrogens with zero attached hydrogens (tertiary/aromatic N) is 1. The molecule has 162 valence electrons. The molecule has 3 N–H and O–H groups in total. The zero-order chi connectivity index (χ0) is 22.5. The molecule has 7 heteroatoms. The highest BCUT2D eigenvalue weighted by molar-refractivity contribution is 6.09. The van der Waals surface area contributed by atoms with Gasteiger partial charge in [0.15, 0.2) is 5.54 Å². The van der Waals surface area contributed by atoms with E-state index >= 15 is 0 Å². The van der Waals surface area contributed by atoms with Crippen LogP contribution < -0.4 is 5.32 Å². The number of carbonyl (C=O) groups excluding carboxylic acids is 2. The molecule has 31 heavy (non-hydrogen) atoms. The van der Waals surface area contributed by atoms with Crippen molar-refractivity contribution in [3.05, 3.63) is 70.8 Å². The molecule has 2 fully saturated rings. The van der Waals surface area contributed by atoms with Crippen molar-refractivity contribution < 1.29 is 24.6 Å². The van der Waals surface area contributed by atoms with E-state index in [9.17, 15) is 24.6 Å². The summed E-state index contributed by atoms with van der Waals surface area (Å²) in [5, 5.41) is 23.7. The van der Waals surface area contributed by atoms with Gasteiger partial charge in [-0.15, -0.1) is 0 Å². The van der Waals surface area contributed by atoms with E-state index in [1.807, 2.05) is 62.4 Å². The first-order valence-corrected chi connectivity index (χ1v) is 10.3. The summed E-state index contributed by atoms with van der Waals surface area (Å²) >= 11 is 0. The zero-order valence-electron chi connectivity index (χ0n) is 17.7. The molecule has 0 saturated carbocycles. The summed E-state index contributed by atoms with van der Waals surface area (Å²) < 4.78 is 0. The Balaban J connectivity index is 1.84. The first-order chi connectivity index (χ1) is 14.7. The zero-order valence-corrected chi connectivity index (χ0v) is 17.7. The van der Waals surface area contributed by atoms with Crippen LogP contribution in [0.5, 0.6) is 0 Å². The number of aliphatic hydroxyl groups is 1. The van der Waals surface area contributed by atoms with Gasteiger partial charge < -0.3 is 10.2 Å². The highest BCUT2D eigenvalue weighted by Gasteiger charge is 2.70. The van der Waals surface area contributed by atoms with E-state index < -0.39 is 47.3 Å². The number of benzene rings is 2. The fourth-order valence-corrected chi connectivity index (χ4v) is 5.04. The van der Waals surface area contributed by atoms with Crippen LogP contribution in [0.25, 0.3) is 0 Å². The summed E-state index contributed by atoms with van der Waals surface area (Å²) in [7, 11) is 0. The van der Waals surface area contributed by atoms with Crippen molar-refractivity contribution in [3.63, 3.8) is 0 Å². The number of aliphatic hydroxyl groups excluding tert-OH is 1. The van der Waals surface area contributed by atoms with Crippen LogP contribution >= 0.6 is 0 Å².